The summed E-state index contributed by atoms with van der Waals surface area (Å²) in [5.41, 5.74) is 6.03. The molecule has 1 fully saturated rings. The van der Waals surface area contributed by atoms with Crippen molar-refractivity contribution in [1.29, 1.82) is 0 Å². The first-order valence-electron chi connectivity index (χ1n) is 4.53. The van der Waals surface area contributed by atoms with Crippen LogP contribution in [0.25, 0.3) is 0 Å². The third kappa shape index (κ3) is 1.24. The molecule has 5 heteroatoms. The van der Waals surface area contributed by atoms with E-state index in [1.165, 1.54) is 0 Å². The minimum Gasteiger partial charge on any atom is -0.394 e. The fourth-order valence-corrected chi connectivity index (χ4v) is 1.67. The van der Waals surface area contributed by atoms with E-state index >= 15 is 0 Å². The molecule has 1 aliphatic rings. The normalized spacial score (nSPS) is 19.8. The van der Waals surface area contributed by atoms with Gasteiger partial charge in [0.1, 0.15) is 0 Å². The maximum absolute atomic E-state index is 9.25. The number of rotatable bonds is 3. The lowest BCUT2D eigenvalue weighted by molar-refractivity contribution is 0.0421. The van der Waals surface area contributed by atoms with Gasteiger partial charge in [-0.05, 0) is 19.3 Å². The van der Waals surface area contributed by atoms with Crippen LogP contribution in [0.5, 0.6) is 0 Å². The molecular weight excluding hydrogens is 168 g/mol. The van der Waals surface area contributed by atoms with E-state index in [-0.39, 0.29) is 12.1 Å². The van der Waals surface area contributed by atoms with Crippen LogP contribution in [0.15, 0.2) is 6.20 Å². The Morgan fingerprint density at radius 2 is 2.38 bits per heavy atom. The second-order valence-electron chi connectivity index (χ2n) is 3.59. The Kier molecular flexibility index (Phi) is 2.05. The van der Waals surface area contributed by atoms with E-state index in [2.05, 4.69) is 10.3 Å². The van der Waals surface area contributed by atoms with E-state index in [9.17, 15) is 5.11 Å². The monoisotopic (exact) mass is 182 g/mol. The van der Waals surface area contributed by atoms with Gasteiger partial charge in [0.2, 0.25) is 0 Å². The van der Waals surface area contributed by atoms with E-state index < -0.39 is 0 Å². The smallest absolute Gasteiger partial charge is 0.0962 e. The SMILES string of the molecule is NCc1cn(C2(CO)CCC2)nn1. The molecule has 5 nitrogen and oxygen atoms in total. The van der Waals surface area contributed by atoms with Crippen molar-refractivity contribution in [2.24, 2.45) is 5.73 Å². The highest BCUT2D eigenvalue weighted by Crippen LogP contribution is 2.37. The van der Waals surface area contributed by atoms with Gasteiger partial charge in [-0.25, -0.2) is 4.68 Å². The number of hydrogen-bond donors (Lipinski definition) is 2. The van der Waals surface area contributed by atoms with Crippen molar-refractivity contribution < 1.29 is 5.11 Å². The lowest BCUT2D eigenvalue weighted by Gasteiger charge is -2.39. The Labute approximate surface area is 76.5 Å². The van der Waals surface area contributed by atoms with Crippen LogP contribution in [-0.4, -0.2) is 26.7 Å². The molecule has 1 aliphatic carbocycles. The molecule has 0 saturated heterocycles. The highest BCUT2D eigenvalue weighted by Gasteiger charge is 2.39. The molecule has 1 aromatic heterocycles. The first-order chi connectivity index (χ1) is 6.30. The van der Waals surface area contributed by atoms with Crippen LogP contribution in [0.4, 0.5) is 0 Å². The van der Waals surface area contributed by atoms with Gasteiger partial charge in [-0.2, -0.15) is 0 Å². The van der Waals surface area contributed by atoms with Crippen LogP contribution < -0.4 is 5.73 Å². The summed E-state index contributed by atoms with van der Waals surface area (Å²) >= 11 is 0. The summed E-state index contributed by atoms with van der Waals surface area (Å²) in [7, 11) is 0. The summed E-state index contributed by atoms with van der Waals surface area (Å²) in [5, 5.41) is 17.1. The van der Waals surface area contributed by atoms with Gasteiger partial charge in [-0.15, -0.1) is 5.10 Å². The number of aromatic nitrogens is 3. The predicted molar refractivity (Wildman–Crippen MR) is 46.8 cm³/mol. The Hall–Kier alpha value is -0.940. The summed E-state index contributed by atoms with van der Waals surface area (Å²) in [5.74, 6) is 0. The number of nitrogens with two attached hydrogens (primary N) is 1. The van der Waals surface area contributed by atoms with Gasteiger partial charge < -0.3 is 10.8 Å². The number of aliphatic hydroxyl groups excluding tert-OH is 1. The third-order valence-corrected chi connectivity index (χ3v) is 2.81. The zero-order valence-corrected chi connectivity index (χ0v) is 7.48. The van der Waals surface area contributed by atoms with Gasteiger partial charge in [0.15, 0.2) is 0 Å². The number of nitrogens with zero attached hydrogens (tertiary/aromatic N) is 3. The van der Waals surface area contributed by atoms with Crippen molar-refractivity contribution in [3.8, 4) is 0 Å². The maximum atomic E-state index is 9.25. The zero-order chi connectivity index (χ0) is 9.31. The Bertz CT molecular complexity index is 287. The van der Waals surface area contributed by atoms with Gasteiger partial charge in [-0.1, -0.05) is 5.21 Å². The van der Waals surface area contributed by atoms with Gasteiger partial charge in [0, 0.05) is 6.54 Å². The zero-order valence-electron chi connectivity index (χ0n) is 7.48. The molecule has 0 amide bonds. The van der Waals surface area contributed by atoms with Gasteiger partial charge >= 0.3 is 0 Å². The fourth-order valence-electron chi connectivity index (χ4n) is 1.67. The van der Waals surface area contributed by atoms with Crippen molar-refractivity contribution >= 4 is 0 Å². The fraction of sp³-hybridized carbons (Fsp3) is 0.750. The molecule has 2 rings (SSSR count). The van der Waals surface area contributed by atoms with Crippen molar-refractivity contribution in [2.75, 3.05) is 6.61 Å². The Morgan fingerprint density at radius 3 is 2.77 bits per heavy atom. The second-order valence-corrected chi connectivity index (χ2v) is 3.59. The van der Waals surface area contributed by atoms with Crippen LogP contribution in [0.2, 0.25) is 0 Å². The van der Waals surface area contributed by atoms with Crippen LogP contribution in [-0.2, 0) is 12.1 Å². The second kappa shape index (κ2) is 3.08. The molecule has 0 aliphatic heterocycles. The number of aliphatic hydroxyl groups is 1. The highest BCUT2D eigenvalue weighted by molar-refractivity contribution is 4.99. The van der Waals surface area contributed by atoms with E-state index in [4.69, 9.17) is 5.73 Å². The minimum atomic E-state index is -0.180. The maximum Gasteiger partial charge on any atom is 0.0962 e. The molecule has 0 atom stereocenters. The van der Waals surface area contributed by atoms with Crippen LogP contribution in [0.3, 0.4) is 0 Å². The van der Waals surface area contributed by atoms with Crippen LogP contribution in [0.1, 0.15) is 25.0 Å². The minimum absolute atomic E-state index is 0.139. The first-order valence-corrected chi connectivity index (χ1v) is 4.53. The van der Waals surface area contributed by atoms with E-state index in [0.29, 0.717) is 6.54 Å². The van der Waals surface area contributed by atoms with E-state index in [1.807, 2.05) is 6.20 Å². The van der Waals surface area contributed by atoms with Gasteiger partial charge in [0.25, 0.3) is 0 Å². The van der Waals surface area contributed by atoms with Gasteiger partial charge in [-0.3, -0.25) is 0 Å². The van der Waals surface area contributed by atoms with Crippen molar-refractivity contribution in [3.63, 3.8) is 0 Å². The van der Waals surface area contributed by atoms with Crippen LogP contribution in [0, 0.1) is 0 Å². The molecule has 72 valence electrons. The molecule has 0 bridgehead atoms. The van der Waals surface area contributed by atoms with Crippen LogP contribution >= 0.6 is 0 Å². The quantitative estimate of drug-likeness (QED) is 0.667. The summed E-state index contributed by atoms with van der Waals surface area (Å²) in [4.78, 5) is 0. The molecule has 1 heterocycles. The molecule has 13 heavy (non-hydrogen) atoms. The molecular formula is C8H14N4O. The first kappa shape index (κ1) is 8.65. The molecule has 1 saturated carbocycles. The molecule has 0 unspecified atom stereocenters. The third-order valence-electron chi connectivity index (χ3n) is 2.81. The van der Waals surface area contributed by atoms with E-state index in [1.54, 1.807) is 4.68 Å². The lowest BCUT2D eigenvalue weighted by Crippen LogP contribution is -2.44. The average Bonchev–Trinajstić information content (AvgIpc) is 2.52. The average molecular weight is 182 g/mol. The number of hydrogen-bond acceptors (Lipinski definition) is 4. The summed E-state index contributed by atoms with van der Waals surface area (Å²) in [6.07, 6.45) is 4.95. The van der Waals surface area contributed by atoms with Crippen molar-refractivity contribution in [1.82, 2.24) is 15.0 Å². The standard InChI is InChI=1S/C8H14N4O/c9-4-7-5-12(11-10-7)8(6-13)2-1-3-8/h5,13H,1-4,6,9H2. The summed E-state index contributed by atoms with van der Waals surface area (Å²) in [6, 6.07) is 0. The summed E-state index contributed by atoms with van der Waals surface area (Å²) in [6.45, 7) is 0.544. The van der Waals surface area contributed by atoms with Crippen molar-refractivity contribution in [3.05, 3.63) is 11.9 Å². The lowest BCUT2D eigenvalue weighted by atomic mass is 9.77. The predicted octanol–water partition coefficient (Wildman–Crippen LogP) is -0.392. The largest absolute Gasteiger partial charge is 0.394 e. The topological polar surface area (TPSA) is 77.0 Å². The molecule has 0 radical (unpaired) electrons. The Balaban J connectivity index is 2.23. The molecule has 0 aromatic carbocycles. The molecule has 0 spiro atoms. The summed E-state index contributed by atoms with van der Waals surface area (Å²) < 4.78 is 1.76. The highest BCUT2D eigenvalue weighted by atomic mass is 16.3. The molecule has 1 aromatic rings. The van der Waals surface area contributed by atoms with Gasteiger partial charge in [0.05, 0.1) is 24.0 Å². The van der Waals surface area contributed by atoms with Crippen molar-refractivity contribution in [2.45, 2.75) is 31.3 Å². The molecule has 3 N–H and O–H groups in total. The Morgan fingerprint density at radius 1 is 1.62 bits per heavy atom. The van der Waals surface area contributed by atoms with E-state index in [0.717, 1.165) is 25.0 Å².